The Bertz CT molecular complexity index is 449. The van der Waals surface area contributed by atoms with Gasteiger partial charge < -0.3 is 10.5 Å². The van der Waals surface area contributed by atoms with E-state index < -0.39 is 11.7 Å². The molecular formula is C10H8Br2FNO2. The van der Waals surface area contributed by atoms with E-state index in [2.05, 4.69) is 38.4 Å². The monoisotopic (exact) mass is 351 g/mol. The van der Waals surface area contributed by atoms with Crippen molar-refractivity contribution in [2.24, 2.45) is 5.73 Å². The molecule has 0 aromatic heterocycles. The molecule has 0 aliphatic carbocycles. The predicted molar refractivity (Wildman–Crippen MR) is 66.0 cm³/mol. The van der Waals surface area contributed by atoms with Crippen molar-refractivity contribution in [3.8, 4) is 5.75 Å². The average molecular weight is 353 g/mol. The summed E-state index contributed by atoms with van der Waals surface area (Å²) in [6.45, 7) is 3.62. The van der Waals surface area contributed by atoms with E-state index in [1.807, 2.05) is 0 Å². The highest BCUT2D eigenvalue weighted by Gasteiger charge is 2.19. The summed E-state index contributed by atoms with van der Waals surface area (Å²) in [5.74, 6) is -1.38. The van der Waals surface area contributed by atoms with Gasteiger partial charge in [0.1, 0.15) is 6.61 Å². The number of hydrogen-bond donors (Lipinski definition) is 1. The van der Waals surface area contributed by atoms with E-state index in [-0.39, 0.29) is 22.4 Å². The molecule has 0 fully saturated rings. The summed E-state index contributed by atoms with van der Waals surface area (Å²) in [5.41, 5.74) is 5.16. The summed E-state index contributed by atoms with van der Waals surface area (Å²) in [4.78, 5) is 11.1. The van der Waals surface area contributed by atoms with Crippen LogP contribution >= 0.6 is 31.9 Å². The summed E-state index contributed by atoms with van der Waals surface area (Å²) in [6.07, 6.45) is 1.49. The maximum Gasteiger partial charge on any atom is 0.251 e. The Morgan fingerprint density at radius 3 is 2.75 bits per heavy atom. The molecule has 0 saturated carbocycles. The second-order valence-corrected chi connectivity index (χ2v) is 4.47. The molecular weight excluding hydrogens is 345 g/mol. The van der Waals surface area contributed by atoms with Gasteiger partial charge in [-0.3, -0.25) is 4.79 Å². The van der Waals surface area contributed by atoms with Crippen LogP contribution in [0.1, 0.15) is 10.4 Å². The SMILES string of the molecule is C=CCOc1cc(Br)c(C(N)=O)c(Br)c1F. The van der Waals surface area contributed by atoms with Crippen molar-refractivity contribution >= 4 is 37.8 Å². The van der Waals surface area contributed by atoms with E-state index in [9.17, 15) is 9.18 Å². The Morgan fingerprint density at radius 1 is 1.62 bits per heavy atom. The topological polar surface area (TPSA) is 52.3 Å². The van der Waals surface area contributed by atoms with Crippen LogP contribution in [0.5, 0.6) is 5.75 Å². The highest BCUT2D eigenvalue weighted by atomic mass is 79.9. The molecule has 0 radical (unpaired) electrons. The maximum absolute atomic E-state index is 13.7. The number of rotatable bonds is 4. The van der Waals surface area contributed by atoms with Gasteiger partial charge >= 0.3 is 0 Å². The van der Waals surface area contributed by atoms with E-state index in [1.54, 1.807) is 0 Å². The van der Waals surface area contributed by atoms with E-state index in [1.165, 1.54) is 12.1 Å². The number of amides is 1. The van der Waals surface area contributed by atoms with Crippen molar-refractivity contribution in [1.29, 1.82) is 0 Å². The highest BCUT2D eigenvalue weighted by Crippen LogP contribution is 2.34. The lowest BCUT2D eigenvalue weighted by atomic mass is 10.2. The first-order chi connectivity index (χ1) is 7.49. The third-order valence-corrected chi connectivity index (χ3v) is 3.10. The molecule has 1 amide bonds. The molecule has 1 aromatic rings. The van der Waals surface area contributed by atoms with Crippen LogP contribution in [-0.4, -0.2) is 12.5 Å². The second kappa shape index (κ2) is 5.45. The zero-order valence-corrected chi connectivity index (χ0v) is 11.3. The lowest BCUT2D eigenvalue weighted by Crippen LogP contribution is -2.14. The molecule has 0 spiro atoms. The van der Waals surface area contributed by atoms with Crippen LogP contribution in [-0.2, 0) is 0 Å². The van der Waals surface area contributed by atoms with E-state index in [4.69, 9.17) is 10.5 Å². The Kier molecular flexibility index (Phi) is 4.49. The largest absolute Gasteiger partial charge is 0.486 e. The fourth-order valence-corrected chi connectivity index (χ4v) is 2.52. The quantitative estimate of drug-likeness (QED) is 0.669. The lowest BCUT2D eigenvalue weighted by Gasteiger charge is -2.10. The number of carbonyl (C=O) groups excluding carboxylic acids is 1. The number of carbonyl (C=O) groups is 1. The first-order valence-electron chi connectivity index (χ1n) is 4.20. The molecule has 0 heterocycles. The van der Waals surface area contributed by atoms with Gasteiger partial charge in [-0.05, 0) is 37.9 Å². The number of primary amides is 1. The van der Waals surface area contributed by atoms with Crippen molar-refractivity contribution in [3.63, 3.8) is 0 Å². The molecule has 86 valence electrons. The van der Waals surface area contributed by atoms with Gasteiger partial charge in [-0.1, -0.05) is 12.7 Å². The highest BCUT2D eigenvalue weighted by molar-refractivity contribution is 9.11. The molecule has 0 saturated heterocycles. The normalized spacial score (nSPS) is 9.94. The molecule has 1 rings (SSSR count). The molecule has 2 N–H and O–H groups in total. The van der Waals surface area contributed by atoms with E-state index in [0.717, 1.165) is 0 Å². The van der Waals surface area contributed by atoms with Crippen LogP contribution < -0.4 is 10.5 Å². The van der Waals surface area contributed by atoms with Gasteiger partial charge in [-0.2, -0.15) is 0 Å². The lowest BCUT2D eigenvalue weighted by molar-refractivity contribution is 0.0998. The predicted octanol–water partition coefficient (Wildman–Crippen LogP) is 3.01. The standard InChI is InChI=1S/C10H8Br2FNO2/c1-2-3-16-6-4-5(11)7(10(14)15)8(12)9(6)13/h2,4H,1,3H2,(H2,14,15). The van der Waals surface area contributed by atoms with Gasteiger partial charge in [-0.15, -0.1) is 0 Å². The second-order valence-electron chi connectivity index (χ2n) is 2.82. The van der Waals surface area contributed by atoms with Gasteiger partial charge in [-0.25, -0.2) is 4.39 Å². The third kappa shape index (κ3) is 2.62. The maximum atomic E-state index is 13.7. The first-order valence-corrected chi connectivity index (χ1v) is 5.78. The summed E-state index contributed by atoms with van der Waals surface area (Å²) in [7, 11) is 0. The number of benzene rings is 1. The van der Waals surface area contributed by atoms with Gasteiger partial charge in [0.25, 0.3) is 5.91 Å². The van der Waals surface area contributed by atoms with Crippen LogP contribution in [0, 0.1) is 5.82 Å². The zero-order chi connectivity index (χ0) is 12.3. The molecule has 0 aliphatic heterocycles. The third-order valence-electron chi connectivity index (χ3n) is 1.73. The van der Waals surface area contributed by atoms with Crippen LogP contribution in [0.25, 0.3) is 0 Å². The summed E-state index contributed by atoms with van der Waals surface area (Å²) < 4.78 is 19.1. The van der Waals surface area contributed by atoms with Crippen LogP contribution in [0.2, 0.25) is 0 Å². The zero-order valence-electron chi connectivity index (χ0n) is 8.10. The van der Waals surface area contributed by atoms with E-state index >= 15 is 0 Å². The van der Waals surface area contributed by atoms with Crippen LogP contribution in [0.15, 0.2) is 27.7 Å². The molecule has 0 aliphatic rings. The first kappa shape index (κ1) is 13.2. The molecule has 3 nitrogen and oxygen atoms in total. The Hall–Kier alpha value is -0.880. The number of hydrogen-bond acceptors (Lipinski definition) is 2. The van der Waals surface area contributed by atoms with Crippen LogP contribution in [0.3, 0.4) is 0 Å². The minimum atomic E-state index is -0.729. The van der Waals surface area contributed by atoms with Gasteiger partial charge in [0.15, 0.2) is 11.6 Å². The Morgan fingerprint density at radius 2 is 2.25 bits per heavy atom. The number of halogens is 3. The summed E-state index contributed by atoms with van der Waals surface area (Å²) >= 11 is 6.08. The molecule has 0 bridgehead atoms. The fourth-order valence-electron chi connectivity index (χ4n) is 1.05. The van der Waals surface area contributed by atoms with Crippen molar-refractivity contribution in [2.45, 2.75) is 0 Å². The minimum absolute atomic E-state index is 0.0173. The smallest absolute Gasteiger partial charge is 0.251 e. The number of ether oxygens (including phenoxy) is 1. The number of nitrogens with two attached hydrogens (primary N) is 1. The molecule has 1 aromatic carbocycles. The molecule has 6 heteroatoms. The minimum Gasteiger partial charge on any atom is -0.486 e. The van der Waals surface area contributed by atoms with Gasteiger partial charge in [0, 0.05) is 4.47 Å². The molecule has 0 unspecified atom stereocenters. The average Bonchev–Trinajstić information content (AvgIpc) is 2.21. The summed E-state index contributed by atoms with van der Waals surface area (Å²) in [5, 5.41) is 0. The van der Waals surface area contributed by atoms with Crippen molar-refractivity contribution in [1.82, 2.24) is 0 Å². The van der Waals surface area contributed by atoms with Gasteiger partial charge in [0.05, 0.1) is 10.0 Å². The fraction of sp³-hybridized carbons (Fsp3) is 0.100. The van der Waals surface area contributed by atoms with Crippen molar-refractivity contribution in [2.75, 3.05) is 6.61 Å². The van der Waals surface area contributed by atoms with Crippen LogP contribution in [0.4, 0.5) is 4.39 Å². The Balaban J connectivity index is 3.27. The van der Waals surface area contributed by atoms with Gasteiger partial charge in [0.2, 0.25) is 0 Å². The Labute approximate surface area is 109 Å². The van der Waals surface area contributed by atoms with Crippen molar-refractivity contribution < 1.29 is 13.9 Å². The molecule has 16 heavy (non-hydrogen) atoms. The summed E-state index contributed by atoms with van der Waals surface area (Å²) in [6, 6.07) is 1.35. The van der Waals surface area contributed by atoms with E-state index in [0.29, 0.717) is 4.47 Å². The van der Waals surface area contributed by atoms with Crippen molar-refractivity contribution in [3.05, 3.63) is 39.0 Å². The molecule has 0 atom stereocenters.